The van der Waals surface area contributed by atoms with Gasteiger partial charge >= 0.3 is 5.97 Å². The Hall–Kier alpha value is -1.35. The molecular weight excluding hydrogens is 204 g/mol. The fraction of sp³-hybridized carbons (Fsp3) is 0.462. The van der Waals surface area contributed by atoms with Gasteiger partial charge in [-0.25, -0.2) is 0 Å². The Kier molecular flexibility index (Phi) is 4.99. The van der Waals surface area contributed by atoms with Crippen molar-refractivity contribution in [2.24, 2.45) is 5.92 Å². The molecule has 1 unspecified atom stereocenters. The van der Waals surface area contributed by atoms with Crippen molar-refractivity contribution in [2.45, 2.75) is 19.4 Å². The highest BCUT2D eigenvalue weighted by Gasteiger charge is 2.21. The molecule has 0 heterocycles. The van der Waals surface area contributed by atoms with Crippen LogP contribution in [0.1, 0.15) is 25.0 Å². The molecule has 0 bridgehead atoms. The molecule has 0 fully saturated rings. The lowest BCUT2D eigenvalue weighted by atomic mass is 9.94. The zero-order chi connectivity index (χ0) is 12.0. The van der Waals surface area contributed by atoms with Crippen LogP contribution in [0.5, 0.6) is 0 Å². The van der Waals surface area contributed by atoms with Gasteiger partial charge in [-0.3, -0.25) is 4.79 Å². The Morgan fingerprint density at radius 3 is 2.38 bits per heavy atom. The number of rotatable bonds is 5. The van der Waals surface area contributed by atoms with Gasteiger partial charge in [-0.1, -0.05) is 37.3 Å². The highest BCUT2D eigenvalue weighted by atomic mass is 16.5. The van der Waals surface area contributed by atoms with Gasteiger partial charge in [0.15, 0.2) is 0 Å². The van der Waals surface area contributed by atoms with Crippen LogP contribution in [0.4, 0.5) is 0 Å². The van der Waals surface area contributed by atoms with E-state index in [4.69, 9.17) is 4.74 Å². The average Bonchev–Trinajstić information content (AvgIpc) is 2.31. The summed E-state index contributed by atoms with van der Waals surface area (Å²) >= 11 is 0. The predicted molar refractivity (Wildman–Crippen MR) is 62.0 cm³/mol. The molecule has 0 spiro atoms. The quantitative estimate of drug-likeness (QED) is 0.718. The zero-order valence-corrected chi connectivity index (χ0v) is 9.97. The van der Waals surface area contributed by atoms with E-state index in [0.29, 0.717) is 6.42 Å². The third-order valence-corrected chi connectivity index (χ3v) is 2.62. The average molecular weight is 222 g/mol. The summed E-state index contributed by atoms with van der Waals surface area (Å²) in [5, 5.41) is 0. The van der Waals surface area contributed by atoms with E-state index < -0.39 is 0 Å². The van der Waals surface area contributed by atoms with E-state index >= 15 is 0 Å². The first-order valence-electron chi connectivity index (χ1n) is 5.33. The summed E-state index contributed by atoms with van der Waals surface area (Å²) in [6.07, 6.45) is 0.296. The summed E-state index contributed by atoms with van der Waals surface area (Å²) in [6, 6.07) is 9.89. The fourth-order valence-electron chi connectivity index (χ4n) is 1.79. The van der Waals surface area contributed by atoms with Gasteiger partial charge in [0, 0.05) is 7.11 Å². The first-order valence-corrected chi connectivity index (χ1v) is 5.33. The van der Waals surface area contributed by atoms with E-state index in [2.05, 4.69) is 4.74 Å². The summed E-state index contributed by atoms with van der Waals surface area (Å²) < 4.78 is 10.1. The zero-order valence-electron chi connectivity index (χ0n) is 9.97. The van der Waals surface area contributed by atoms with Crippen LogP contribution in [0.3, 0.4) is 0 Å². The molecule has 3 nitrogen and oxygen atoms in total. The van der Waals surface area contributed by atoms with Gasteiger partial charge in [0.05, 0.1) is 19.6 Å². The van der Waals surface area contributed by atoms with Crippen LogP contribution in [0.25, 0.3) is 0 Å². The van der Waals surface area contributed by atoms with Crippen molar-refractivity contribution in [3.63, 3.8) is 0 Å². The van der Waals surface area contributed by atoms with E-state index in [9.17, 15) is 4.79 Å². The Bertz CT molecular complexity index is 321. The Morgan fingerprint density at radius 2 is 1.88 bits per heavy atom. The molecule has 0 aliphatic heterocycles. The standard InChI is InChI=1S/C13H18O3/c1-10(9-12(14)15-2)13(16-3)11-7-5-4-6-8-11/h4-8,10,13H,9H2,1-3H3/t10?,13-/m1/s1. The van der Waals surface area contributed by atoms with Crippen molar-refractivity contribution in [3.8, 4) is 0 Å². The van der Waals surface area contributed by atoms with Crippen molar-refractivity contribution in [1.82, 2.24) is 0 Å². The van der Waals surface area contributed by atoms with Crippen molar-refractivity contribution in [3.05, 3.63) is 35.9 Å². The molecule has 1 aromatic rings. The number of ether oxygens (including phenoxy) is 2. The minimum atomic E-state index is -0.203. The summed E-state index contributed by atoms with van der Waals surface area (Å²) in [5.74, 6) is -0.106. The molecule has 0 N–H and O–H groups in total. The molecule has 2 atom stereocenters. The van der Waals surface area contributed by atoms with Gasteiger partial charge in [0.25, 0.3) is 0 Å². The predicted octanol–water partition coefficient (Wildman–Crippen LogP) is 2.57. The second kappa shape index (κ2) is 6.28. The lowest BCUT2D eigenvalue weighted by Gasteiger charge is -2.22. The molecule has 1 aromatic carbocycles. The molecule has 1 rings (SSSR count). The van der Waals surface area contributed by atoms with Crippen LogP contribution < -0.4 is 0 Å². The molecule has 88 valence electrons. The van der Waals surface area contributed by atoms with E-state index in [1.54, 1.807) is 7.11 Å². The van der Waals surface area contributed by atoms with Crippen LogP contribution in [0, 0.1) is 5.92 Å². The molecule has 0 aromatic heterocycles. The summed E-state index contributed by atoms with van der Waals surface area (Å²) in [5.41, 5.74) is 1.08. The van der Waals surface area contributed by atoms with Crippen molar-refractivity contribution < 1.29 is 14.3 Å². The van der Waals surface area contributed by atoms with Crippen LogP contribution in [-0.4, -0.2) is 20.2 Å². The maximum atomic E-state index is 11.2. The molecule has 0 saturated carbocycles. The monoisotopic (exact) mass is 222 g/mol. The van der Waals surface area contributed by atoms with Crippen LogP contribution in [0.2, 0.25) is 0 Å². The highest BCUT2D eigenvalue weighted by molar-refractivity contribution is 5.69. The van der Waals surface area contributed by atoms with Crippen molar-refractivity contribution in [1.29, 1.82) is 0 Å². The topological polar surface area (TPSA) is 35.5 Å². The van der Waals surface area contributed by atoms with E-state index in [1.165, 1.54) is 7.11 Å². The largest absolute Gasteiger partial charge is 0.469 e. The molecule has 0 radical (unpaired) electrons. The van der Waals surface area contributed by atoms with Crippen LogP contribution in [0.15, 0.2) is 30.3 Å². The normalized spacial score (nSPS) is 14.2. The molecule has 0 amide bonds. The van der Waals surface area contributed by atoms with Gasteiger partial charge in [-0.05, 0) is 11.5 Å². The SMILES string of the molecule is COC(=O)CC(C)[C@@H](OC)c1ccccc1. The first kappa shape index (κ1) is 12.7. The third-order valence-electron chi connectivity index (χ3n) is 2.62. The lowest BCUT2D eigenvalue weighted by Crippen LogP contribution is -2.16. The second-order valence-corrected chi connectivity index (χ2v) is 3.82. The van der Waals surface area contributed by atoms with Crippen LogP contribution in [-0.2, 0) is 14.3 Å². The van der Waals surface area contributed by atoms with E-state index in [-0.39, 0.29) is 18.0 Å². The molecule has 0 saturated heterocycles. The number of carbonyl (C=O) groups excluding carboxylic acids is 1. The van der Waals surface area contributed by atoms with E-state index in [1.807, 2.05) is 37.3 Å². The third kappa shape index (κ3) is 3.35. The van der Waals surface area contributed by atoms with Crippen molar-refractivity contribution in [2.75, 3.05) is 14.2 Å². The molecule has 0 aliphatic carbocycles. The van der Waals surface area contributed by atoms with Gasteiger partial charge < -0.3 is 9.47 Å². The number of hydrogen-bond donors (Lipinski definition) is 0. The Morgan fingerprint density at radius 1 is 1.25 bits per heavy atom. The van der Waals surface area contributed by atoms with Gasteiger partial charge in [-0.15, -0.1) is 0 Å². The number of carbonyl (C=O) groups is 1. The minimum Gasteiger partial charge on any atom is -0.469 e. The number of benzene rings is 1. The molecule has 3 heteroatoms. The van der Waals surface area contributed by atoms with E-state index in [0.717, 1.165) is 5.56 Å². The first-order chi connectivity index (χ1) is 7.69. The van der Waals surface area contributed by atoms with Gasteiger partial charge in [0.1, 0.15) is 0 Å². The van der Waals surface area contributed by atoms with Crippen LogP contribution >= 0.6 is 0 Å². The smallest absolute Gasteiger partial charge is 0.305 e. The second-order valence-electron chi connectivity index (χ2n) is 3.82. The Labute approximate surface area is 96.4 Å². The highest BCUT2D eigenvalue weighted by Crippen LogP contribution is 2.27. The van der Waals surface area contributed by atoms with Gasteiger partial charge in [-0.2, -0.15) is 0 Å². The molecular formula is C13H18O3. The van der Waals surface area contributed by atoms with Crippen molar-refractivity contribution >= 4 is 5.97 Å². The maximum absolute atomic E-state index is 11.2. The summed E-state index contributed by atoms with van der Waals surface area (Å²) in [6.45, 7) is 1.98. The number of esters is 1. The summed E-state index contributed by atoms with van der Waals surface area (Å²) in [7, 11) is 3.06. The number of hydrogen-bond acceptors (Lipinski definition) is 3. The Balaban J connectivity index is 2.71. The summed E-state index contributed by atoms with van der Waals surface area (Å²) in [4.78, 5) is 11.2. The molecule has 0 aliphatic rings. The molecule has 16 heavy (non-hydrogen) atoms. The number of methoxy groups -OCH3 is 2. The lowest BCUT2D eigenvalue weighted by molar-refractivity contribution is -0.142. The fourth-order valence-corrected chi connectivity index (χ4v) is 1.79. The van der Waals surface area contributed by atoms with Gasteiger partial charge in [0.2, 0.25) is 0 Å². The maximum Gasteiger partial charge on any atom is 0.305 e. The minimum absolute atomic E-state index is 0.0692.